The first-order chi connectivity index (χ1) is 10.1. The maximum atomic E-state index is 8.64. The molecule has 0 saturated carbocycles. The lowest BCUT2D eigenvalue weighted by Gasteiger charge is -2.07. The molecular weight excluding hydrogens is 264 g/mol. The highest BCUT2D eigenvalue weighted by Crippen LogP contribution is 2.09. The van der Waals surface area contributed by atoms with E-state index in [1.165, 1.54) is 32.1 Å². The van der Waals surface area contributed by atoms with Crippen LogP contribution in [0.25, 0.3) is 0 Å². The number of unbranched alkanes of at least 4 members (excludes halogenated alkanes) is 3. The molecule has 1 rings (SSSR count). The molecule has 0 aliphatic rings. The maximum Gasteiger partial charge on any atom is 0.188 e. The minimum absolute atomic E-state index is 0.0435. The molecule has 0 radical (unpaired) electrons. The smallest absolute Gasteiger partial charge is 0.188 e. The average molecular weight is 292 g/mol. The molecule has 1 heterocycles. The summed E-state index contributed by atoms with van der Waals surface area (Å²) in [5.74, 6) is 0.862. The Balaban J connectivity index is 2.16. The lowest BCUT2D eigenvalue weighted by atomic mass is 10.0. The SMILES string of the molecule is CC(C)CCCCCCNCc1ccnc(/C(N)=N/O)c1. The molecule has 5 heteroatoms. The summed E-state index contributed by atoms with van der Waals surface area (Å²) in [7, 11) is 0. The molecule has 118 valence electrons. The van der Waals surface area contributed by atoms with Gasteiger partial charge in [-0.05, 0) is 36.6 Å². The van der Waals surface area contributed by atoms with Crippen LogP contribution < -0.4 is 11.1 Å². The Morgan fingerprint density at radius 3 is 2.81 bits per heavy atom. The quantitative estimate of drug-likeness (QED) is 0.203. The standard InChI is InChI=1S/C16H28N4O/c1-13(2)7-5-3-4-6-9-18-12-14-8-10-19-15(11-14)16(17)20-21/h8,10-11,13,18,21H,3-7,9,12H2,1-2H3,(H2,17,20). The molecule has 0 unspecified atom stereocenters. The molecule has 4 N–H and O–H groups in total. The third kappa shape index (κ3) is 7.66. The molecule has 0 bridgehead atoms. The summed E-state index contributed by atoms with van der Waals surface area (Å²) in [6.07, 6.45) is 8.16. The number of hydrogen-bond acceptors (Lipinski definition) is 4. The Morgan fingerprint density at radius 1 is 1.33 bits per heavy atom. The molecule has 21 heavy (non-hydrogen) atoms. The van der Waals surface area contributed by atoms with Crippen LogP contribution in [0.15, 0.2) is 23.5 Å². The van der Waals surface area contributed by atoms with Crippen molar-refractivity contribution in [2.24, 2.45) is 16.8 Å². The van der Waals surface area contributed by atoms with Gasteiger partial charge in [0.15, 0.2) is 5.84 Å². The summed E-state index contributed by atoms with van der Waals surface area (Å²) in [5.41, 5.74) is 7.12. The van der Waals surface area contributed by atoms with Crippen molar-refractivity contribution in [3.8, 4) is 0 Å². The number of nitrogens with two attached hydrogens (primary N) is 1. The Hall–Kier alpha value is -1.62. The summed E-state index contributed by atoms with van der Waals surface area (Å²) in [4.78, 5) is 4.06. The van der Waals surface area contributed by atoms with Gasteiger partial charge in [-0.1, -0.05) is 44.7 Å². The van der Waals surface area contributed by atoms with Crippen molar-refractivity contribution in [2.75, 3.05) is 6.54 Å². The summed E-state index contributed by atoms with van der Waals surface area (Å²) < 4.78 is 0. The van der Waals surface area contributed by atoms with E-state index in [1.807, 2.05) is 12.1 Å². The highest BCUT2D eigenvalue weighted by atomic mass is 16.4. The summed E-state index contributed by atoms with van der Waals surface area (Å²) >= 11 is 0. The number of pyridine rings is 1. The van der Waals surface area contributed by atoms with E-state index in [1.54, 1.807) is 6.20 Å². The largest absolute Gasteiger partial charge is 0.409 e. The second-order valence-electron chi connectivity index (χ2n) is 5.81. The Morgan fingerprint density at radius 2 is 2.10 bits per heavy atom. The molecule has 0 fully saturated rings. The van der Waals surface area contributed by atoms with Crippen molar-refractivity contribution in [2.45, 2.75) is 52.5 Å². The molecule has 0 saturated heterocycles. The van der Waals surface area contributed by atoms with Crippen LogP contribution in [0, 0.1) is 5.92 Å². The van der Waals surface area contributed by atoms with E-state index in [9.17, 15) is 0 Å². The summed E-state index contributed by atoms with van der Waals surface area (Å²) in [6, 6.07) is 3.77. The van der Waals surface area contributed by atoms with E-state index >= 15 is 0 Å². The zero-order valence-corrected chi connectivity index (χ0v) is 13.2. The third-order valence-corrected chi connectivity index (χ3v) is 3.41. The average Bonchev–Trinajstić information content (AvgIpc) is 2.49. The number of hydrogen-bond donors (Lipinski definition) is 3. The van der Waals surface area contributed by atoms with Gasteiger partial charge in [-0.15, -0.1) is 0 Å². The van der Waals surface area contributed by atoms with Crippen LogP contribution in [0.3, 0.4) is 0 Å². The molecule has 0 spiro atoms. The monoisotopic (exact) mass is 292 g/mol. The fourth-order valence-corrected chi connectivity index (χ4v) is 2.16. The van der Waals surface area contributed by atoms with Crippen LogP contribution in [0.5, 0.6) is 0 Å². The van der Waals surface area contributed by atoms with Crippen LogP contribution in [-0.4, -0.2) is 22.6 Å². The van der Waals surface area contributed by atoms with Crippen molar-refractivity contribution in [1.29, 1.82) is 0 Å². The molecular formula is C16H28N4O. The second kappa shape index (κ2) is 10.2. The van der Waals surface area contributed by atoms with Crippen molar-refractivity contribution < 1.29 is 5.21 Å². The second-order valence-corrected chi connectivity index (χ2v) is 5.81. The van der Waals surface area contributed by atoms with Gasteiger partial charge in [-0.3, -0.25) is 4.98 Å². The first kappa shape index (κ1) is 17.4. The van der Waals surface area contributed by atoms with Gasteiger partial charge < -0.3 is 16.3 Å². The van der Waals surface area contributed by atoms with Gasteiger partial charge in [0.25, 0.3) is 0 Å². The minimum Gasteiger partial charge on any atom is -0.409 e. The number of aromatic nitrogens is 1. The summed E-state index contributed by atoms with van der Waals surface area (Å²) in [6.45, 7) is 6.35. The van der Waals surface area contributed by atoms with Crippen molar-refractivity contribution in [3.05, 3.63) is 29.6 Å². The molecule has 0 atom stereocenters. The zero-order valence-electron chi connectivity index (χ0n) is 13.2. The topological polar surface area (TPSA) is 83.5 Å². The Bertz CT molecular complexity index is 432. The number of nitrogens with zero attached hydrogens (tertiary/aromatic N) is 2. The normalized spacial score (nSPS) is 12.0. The lowest BCUT2D eigenvalue weighted by molar-refractivity contribution is 0.318. The Labute approximate surface area is 127 Å². The Kier molecular flexibility index (Phi) is 8.43. The molecule has 1 aromatic rings. The maximum absolute atomic E-state index is 8.64. The minimum atomic E-state index is 0.0435. The third-order valence-electron chi connectivity index (χ3n) is 3.41. The van der Waals surface area contributed by atoms with Gasteiger partial charge in [-0.25, -0.2) is 0 Å². The van der Waals surface area contributed by atoms with E-state index < -0.39 is 0 Å². The zero-order chi connectivity index (χ0) is 15.5. The molecule has 0 aliphatic heterocycles. The predicted molar refractivity (Wildman–Crippen MR) is 86.4 cm³/mol. The van der Waals surface area contributed by atoms with Gasteiger partial charge in [0.2, 0.25) is 0 Å². The van der Waals surface area contributed by atoms with Crippen LogP contribution in [0.4, 0.5) is 0 Å². The van der Waals surface area contributed by atoms with E-state index in [4.69, 9.17) is 10.9 Å². The van der Waals surface area contributed by atoms with Crippen molar-refractivity contribution in [1.82, 2.24) is 10.3 Å². The van der Waals surface area contributed by atoms with Gasteiger partial charge >= 0.3 is 0 Å². The van der Waals surface area contributed by atoms with Crippen LogP contribution in [0.2, 0.25) is 0 Å². The van der Waals surface area contributed by atoms with Crippen molar-refractivity contribution >= 4 is 5.84 Å². The lowest BCUT2D eigenvalue weighted by Crippen LogP contribution is -2.18. The fourth-order valence-electron chi connectivity index (χ4n) is 2.16. The molecule has 0 amide bonds. The first-order valence-corrected chi connectivity index (χ1v) is 7.77. The molecule has 0 aromatic carbocycles. The van der Waals surface area contributed by atoms with Crippen molar-refractivity contribution in [3.63, 3.8) is 0 Å². The van der Waals surface area contributed by atoms with Gasteiger partial charge in [0.1, 0.15) is 5.69 Å². The van der Waals surface area contributed by atoms with Gasteiger partial charge in [0, 0.05) is 12.7 Å². The van der Waals surface area contributed by atoms with Crippen LogP contribution >= 0.6 is 0 Å². The molecule has 1 aromatic heterocycles. The van der Waals surface area contributed by atoms with E-state index in [0.29, 0.717) is 5.69 Å². The highest BCUT2D eigenvalue weighted by molar-refractivity contribution is 5.95. The predicted octanol–water partition coefficient (Wildman–Crippen LogP) is 2.87. The molecule has 0 aliphatic carbocycles. The van der Waals surface area contributed by atoms with E-state index in [-0.39, 0.29) is 5.84 Å². The number of rotatable bonds is 10. The summed E-state index contributed by atoms with van der Waals surface area (Å²) in [5, 5.41) is 15.0. The highest BCUT2D eigenvalue weighted by Gasteiger charge is 2.02. The van der Waals surface area contributed by atoms with Crippen LogP contribution in [-0.2, 0) is 6.54 Å². The van der Waals surface area contributed by atoms with Gasteiger partial charge in [0.05, 0.1) is 0 Å². The van der Waals surface area contributed by atoms with E-state index in [0.717, 1.165) is 24.6 Å². The first-order valence-electron chi connectivity index (χ1n) is 7.77. The number of nitrogens with one attached hydrogen (secondary N) is 1. The van der Waals surface area contributed by atoms with E-state index in [2.05, 4.69) is 29.3 Å². The number of amidine groups is 1. The number of oxime groups is 1. The fraction of sp³-hybridized carbons (Fsp3) is 0.625. The van der Waals surface area contributed by atoms with Crippen LogP contribution in [0.1, 0.15) is 57.2 Å². The molecule has 5 nitrogen and oxygen atoms in total. The van der Waals surface area contributed by atoms with Gasteiger partial charge in [-0.2, -0.15) is 0 Å².